The van der Waals surface area contributed by atoms with Crippen LogP contribution in [0.2, 0.25) is 0 Å². The minimum absolute atomic E-state index is 0.284. The average Bonchev–Trinajstić information content (AvgIpc) is 2.13. The van der Waals surface area contributed by atoms with E-state index in [0.717, 1.165) is 13.0 Å². The van der Waals surface area contributed by atoms with E-state index in [1.165, 1.54) is 6.92 Å². The monoisotopic (exact) mass is 202 g/mol. The van der Waals surface area contributed by atoms with Crippen molar-refractivity contribution in [1.82, 2.24) is 10.6 Å². The van der Waals surface area contributed by atoms with Crippen molar-refractivity contribution in [3.63, 3.8) is 0 Å². The van der Waals surface area contributed by atoms with E-state index < -0.39 is 12.0 Å². The highest BCUT2D eigenvalue weighted by Crippen LogP contribution is 1.87. The third-order valence-electron chi connectivity index (χ3n) is 1.82. The maximum atomic E-state index is 11.3. The van der Waals surface area contributed by atoms with Gasteiger partial charge in [-0.1, -0.05) is 6.92 Å². The molecule has 0 saturated heterocycles. The van der Waals surface area contributed by atoms with Crippen molar-refractivity contribution < 1.29 is 14.7 Å². The first-order valence-electron chi connectivity index (χ1n) is 4.75. The van der Waals surface area contributed by atoms with E-state index in [9.17, 15) is 9.59 Å². The number of nitrogens with one attached hydrogen (secondary N) is 2. The van der Waals surface area contributed by atoms with Gasteiger partial charge >= 0.3 is 5.97 Å². The first-order valence-corrected chi connectivity index (χ1v) is 4.75. The molecule has 1 amide bonds. The van der Waals surface area contributed by atoms with Gasteiger partial charge in [-0.05, 0) is 26.8 Å². The molecule has 14 heavy (non-hydrogen) atoms. The first kappa shape index (κ1) is 12.9. The lowest BCUT2D eigenvalue weighted by atomic mass is 10.2. The number of carbonyl (C=O) groups excluding carboxylic acids is 1. The van der Waals surface area contributed by atoms with Gasteiger partial charge in [0.15, 0.2) is 0 Å². The minimum atomic E-state index is -1.03. The molecule has 5 heteroatoms. The maximum absolute atomic E-state index is 11.3. The van der Waals surface area contributed by atoms with Gasteiger partial charge in [0.25, 0.3) is 0 Å². The molecule has 0 saturated carbocycles. The van der Waals surface area contributed by atoms with Crippen LogP contribution in [0.25, 0.3) is 0 Å². The van der Waals surface area contributed by atoms with E-state index in [1.54, 1.807) is 6.92 Å². The number of carbonyl (C=O) groups is 2. The minimum Gasteiger partial charge on any atom is -0.480 e. The summed E-state index contributed by atoms with van der Waals surface area (Å²) in [6, 6.07) is -1.19. The second-order valence-electron chi connectivity index (χ2n) is 3.24. The van der Waals surface area contributed by atoms with Crippen LogP contribution in [0, 0.1) is 0 Å². The van der Waals surface area contributed by atoms with Gasteiger partial charge in [0.1, 0.15) is 6.04 Å². The molecule has 82 valence electrons. The summed E-state index contributed by atoms with van der Waals surface area (Å²) in [5.74, 6) is -1.31. The highest BCUT2D eigenvalue weighted by Gasteiger charge is 2.17. The van der Waals surface area contributed by atoms with E-state index in [2.05, 4.69) is 10.6 Å². The molecule has 5 nitrogen and oxygen atoms in total. The Bertz CT molecular complexity index is 206. The van der Waals surface area contributed by atoms with E-state index in [4.69, 9.17) is 5.11 Å². The van der Waals surface area contributed by atoms with Crippen molar-refractivity contribution in [3.8, 4) is 0 Å². The fourth-order valence-corrected chi connectivity index (χ4v) is 0.854. The lowest BCUT2D eigenvalue weighted by Crippen LogP contribution is -2.47. The number of hydrogen-bond acceptors (Lipinski definition) is 3. The van der Waals surface area contributed by atoms with Gasteiger partial charge in [0, 0.05) is 0 Å². The number of aliphatic carboxylic acids is 1. The Balaban J connectivity index is 3.88. The van der Waals surface area contributed by atoms with Crippen molar-refractivity contribution in [1.29, 1.82) is 0 Å². The molecule has 0 bridgehead atoms. The summed E-state index contributed by atoms with van der Waals surface area (Å²) >= 11 is 0. The van der Waals surface area contributed by atoms with Crippen molar-refractivity contribution >= 4 is 11.9 Å². The molecule has 0 heterocycles. The van der Waals surface area contributed by atoms with Crippen LogP contribution in [0.3, 0.4) is 0 Å². The third-order valence-corrected chi connectivity index (χ3v) is 1.82. The Kier molecular flexibility index (Phi) is 5.87. The summed E-state index contributed by atoms with van der Waals surface area (Å²) in [6.45, 7) is 5.89. The number of hydrogen-bond donors (Lipinski definition) is 3. The standard InChI is InChI=1S/C9H18N2O3/c1-4-5-10-6(2)8(12)11-7(3)9(13)14/h6-7,10H,4-5H2,1-3H3,(H,11,12)(H,13,14). The molecule has 0 radical (unpaired) electrons. The predicted molar refractivity (Wildman–Crippen MR) is 53.0 cm³/mol. The molecule has 0 spiro atoms. The molecular formula is C9H18N2O3. The molecule has 3 N–H and O–H groups in total. The number of rotatable bonds is 6. The van der Waals surface area contributed by atoms with Gasteiger partial charge in [0.05, 0.1) is 6.04 Å². The van der Waals surface area contributed by atoms with Crippen LogP contribution < -0.4 is 10.6 Å². The highest BCUT2D eigenvalue weighted by molar-refractivity contribution is 5.86. The fraction of sp³-hybridized carbons (Fsp3) is 0.778. The average molecular weight is 202 g/mol. The quantitative estimate of drug-likeness (QED) is 0.565. The lowest BCUT2D eigenvalue weighted by Gasteiger charge is -2.15. The molecular weight excluding hydrogens is 184 g/mol. The SMILES string of the molecule is CCCNC(C)C(=O)NC(C)C(=O)O. The van der Waals surface area contributed by atoms with Crippen LogP contribution in [0.15, 0.2) is 0 Å². The van der Waals surface area contributed by atoms with Crippen molar-refractivity contribution in [3.05, 3.63) is 0 Å². The van der Waals surface area contributed by atoms with Crippen LogP contribution in [-0.2, 0) is 9.59 Å². The van der Waals surface area contributed by atoms with Crippen LogP contribution in [-0.4, -0.2) is 35.6 Å². The fourth-order valence-electron chi connectivity index (χ4n) is 0.854. The number of carboxylic acid groups (broad SMARTS) is 1. The largest absolute Gasteiger partial charge is 0.480 e. The Morgan fingerprint density at radius 1 is 1.29 bits per heavy atom. The lowest BCUT2D eigenvalue weighted by molar-refractivity contribution is -0.141. The molecule has 0 aromatic heterocycles. The summed E-state index contributed by atoms with van der Waals surface area (Å²) in [4.78, 5) is 21.8. The summed E-state index contributed by atoms with van der Waals surface area (Å²) in [7, 11) is 0. The summed E-state index contributed by atoms with van der Waals surface area (Å²) in [6.07, 6.45) is 0.937. The summed E-state index contributed by atoms with van der Waals surface area (Å²) < 4.78 is 0. The molecule has 2 atom stereocenters. The molecule has 0 rings (SSSR count). The molecule has 0 aromatic rings. The van der Waals surface area contributed by atoms with E-state index >= 15 is 0 Å². The Morgan fingerprint density at radius 2 is 1.86 bits per heavy atom. The van der Waals surface area contributed by atoms with Crippen LogP contribution in [0.5, 0.6) is 0 Å². The molecule has 0 aliphatic heterocycles. The van der Waals surface area contributed by atoms with Gasteiger partial charge in [-0.3, -0.25) is 9.59 Å². The molecule has 0 fully saturated rings. The van der Waals surface area contributed by atoms with Crippen LogP contribution in [0.4, 0.5) is 0 Å². The van der Waals surface area contributed by atoms with Gasteiger partial charge < -0.3 is 15.7 Å². The summed E-state index contributed by atoms with van der Waals surface area (Å²) in [5.41, 5.74) is 0. The predicted octanol–water partition coefficient (Wildman–Crippen LogP) is -0.0362. The van der Waals surface area contributed by atoms with Gasteiger partial charge in [-0.15, -0.1) is 0 Å². The molecule has 0 aliphatic rings. The zero-order chi connectivity index (χ0) is 11.1. The maximum Gasteiger partial charge on any atom is 0.325 e. The van der Waals surface area contributed by atoms with Crippen molar-refractivity contribution in [2.24, 2.45) is 0 Å². The Labute approximate surface area is 83.9 Å². The molecule has 2 unspecified atom stereocenters. The third kappa shape index (κ3) is 4.81. The zero-order valence-electron chi connectivity index (χ0n) is 8.83. The van der Waals surface area contributed by atoms with Gasteiger partial charge in [-0.2, -0.15) is 0 Å². The van der Waals surface area contributed by atoms with E-state index in [1.807, 2.05) is 6.92 Å². The summed E-state index contributed by atoms with van der Waals surface area (Å²) in [5, 5.41) is 13.9. The first-order chi connectivity index (χ1) is 6.49. The normalized spacial score (nSPS) is 14.5. The number of amides is 1. The topological polar surface area (TPSA) is 78.4 Å². The molecule has 0 aliphatic carbocycles. The van der Waals surface area contributed by atoms with Gasteiger partial charge in [0.2, 0.25) is 5.91 Å². The number of carboxylic acids is 1. The second kappa shape index (κ2) is 6.37. The highest BCUT2D eigenvalue weighted by atomic mass is 16.4. The van der Waals surface area contributed by atoms with Crippen LogP contribution >= 0.6 is 0 Å². The van der Waals surface area contributed by atoms with Crippen LogP contribution in [0.1, 0.15) is 27.2 Å². The second-order valence-corrected chi connectivity index (χ2v) is 3.24. The van der Waals surface area contributed by atoms with Crippen molar-refractivity contribution in [2.75, 3.05) is 6.54 Å². The van der Waals surface area contributed by atoms with Gasteiger partial charge in [-0.25, -0.2) is 0 Å². The van der Waals surface area contributed by atoms with E-state index in [-0.39, 0.29) is 11.9 Å². The zero-order valence-corrected chi connectivity index (χ0v) is 8.83. The Morgan fingerprint density at radius 3 is 2.29 bits per heavy atom. The van der Waals surface area contributed by atoms with E-state index in [0.29, 0.717) is 0 Å². The smallest absolute Gasteiger partial charge is 0.325 e. The molecule has 0 aromatic carbocycles. The Hall–Kier alpha value is -1.10. The van der Waals surface area contributed by atoms with Crippen molar-refractivity contribution in [2.45, 2.75) is 39.3 Å².